The highest BCUT2D eigenvalue weighted by atomic mass is 16.2. The van der Waals surface area contributed by atoms with E-state index in [1.165, 1.54) is 6.92 Å². The van der Waals surface area contributed by atoms with Gasteiger partial charge in [0.15, 0.2) is 0 Å². The third-order valence-electron chi connectivity index (χ3n) is 4.67. The lowest BCUT2D eigenvalue weighted by atomic mass is 9.97. The van der Waals surface area contributed by atoms with E-state index in [0.717, 1.165) is 5.56 Å². The van der Waals surface area contributed by atoms with Crippen LogP contribution >= 0.6 is 0 Å². The van der Waals surface area contributed by atoms with Crippen molar-refractivity contribution in [2.24, 2.45) is 0 Å². The van der Waals surface area contributed by atoms with Gasteiger partial charge in [-0.3, -0.25) is 14.4 Å². The first-order valence-electron chi connectivity index (χ1n) is 8.93. The maximum atomic E-state index is 12.9. The van der Waals surface area contributed by atoms with E-state index in [2.05, 4.69) is 10.6 Å². The van der Waals surface area contributed by atoms with Gasteiger partial charge in [-0.2, -0.15) is 0 Å². The molecular formula is C20H27N3O3. The largest absolute Gasteiger partial charge is 0.347 e. The topological polar surface area (TPSA) is 78.5 Å². The van der Waals surface area contributed by atoms with E-state index in [1.54, 1.807) is 11.9 Å². The Balaban J connectivity index is 2.34. The molecule has 0 aromatic heterocycles. The molecule has 0 aliphatic carbocycles. The van der Waals surface area contributed by atoms with E-state index in [9.17, 15) is 14.4 Å². The summed E-state index contributed by atoms with van der Waals surface area (Å²) >= 11 is 0. The number of carbonyl (C=O) groups excluding carboxylic acids is 3. The summed E-state index contributed by atoms with van der Waals surface area (Å²) in [5.41, 5.74) is 0.941. The van der Waals surface area contributed by atoms with Gasteiger partial charge in [0.05, 0.1) is 12.1 Å². The molecule has 3 atom stereocenters. The molecular weight excluding hydrogens is 330 g/mol. The average Bonchev–Trinajstić information content (AvgIpc) is 2.62. The highest BCUT2D eigenvalue weighted by Crippen LogP contribution is 2.22. The number of rotatable bonds is 2. The summed E-state index contributed by atoms with van der Waals surface area (Å²) in [6.07, 6.45) is 5.12. The van der Waals surface area contributed by atoms with E-state index in [1.807, 2.05) is 49.4 Å². The molecule has 1 heterocycles. The smallest absolute Gasteiger partial charge is 0.245 e. The minimum Gasteiger partial charge on any atom is -0.347 e. The summed E-state index contributed by atoms with van der Waals surface area (Å²) in [5, 5.41) is 5.78. The molecule has 0 saturated carbocycles. The van der Waals surface area contributed by atoms with Gasteiger partial charge < -0.3 is 15.5 Å². The molecule has 6 heteroatoms. The van der Waals surface area contributed by atoms with Crippen molar-refractivity contribution in [2.75, 3.05) is 7.05 Å². The molecule has 1 aromatic carbocycles. The Labute approximate surface area is 154 Å². The molecule has 2 rings (SSSR count). The van der Waals surface area contributed by atoms with Crippen molar-refractivity contribution in [2.45, 2.75) is 51.2 Å². The van der Waals surface area contributed by atoms with Gasteiger partial charge in [-0.15, -0.1) is 0 Å². The van der Waals surface area contributed by atoms with Gasteiger partial charge in [0.1, 0.15) is 6.04 Å². The molecule has 0 bridgehead atoms. The Morgan fingerprint density at radius 1 is 1.19 bits per heavy atom. The highest BCUT2D eigenvalue weighted by Gasteiger charge is 2.31. The molecule has 2 N–H and O–H groups in total. The molecule has 1 aliphatic rings. The van der Waals surface area contributed by atoms with Crippen LogP contribution in [0.15, 0.2) is 42.5 Å². The molecule has 0 spiro atoms. The third kappa shape index (κ3) is 5.18. The SMILES string of the molecule is CC(=O)N[C@@H]1C/C=C/CCC(=O)N[C@@H](c2ccccc2)[C@H](C)N(C)C1=O. The molecule has 140 valence electrons. The molecule has 3 amide bonds. The summed E-state index contributed by atoms with van der Waals surface area (Å²) < 4.78 is 0. The van der Waals surface area contributed by atoms with Crippen molar-refractivity contribution in [3.8, 4) is 0 Å². The van der Waals surface area contributed by atoms with Crippen LogP contribution in [0.3, 0.4) is 0 Å². The first-order valence-corrected chi connectivity index (χ1v) is 8.93. The van der Waals surface area contributed by atoms with Gasteiger partial charge in [-0.05, 0) is 25.3 Å². The first kappa shape index (κ1) is 19.7. The summed E-state index contributed by atoms with van der Waals surface area (Å²) in [6, 6.07) is 8.42. The van der Waals surface area contributed by atoms with E-state index in [-0.39, 0.29) is 29.8 Å². The number of likely N-dealkylation sites (N-methyl/N-ethyl adjacent to an activating group) is 1. The molecule has 0 radical (unpaired) electrons. The van der Waals surface area contributed by atoms with Crippen LogP contribution in [0.5, 0.6) is 0 Å². The summed E-state index contributed by atoms with van der Waals surface area (Å²) in [6.45, 7) is 3.31. The highest BCUT2D eigenvalue weighted by molar-refractivity contribution is 5.87. The zero-order chi connectivity index (χ0) is 19.1. The van der Waals surface area contributed by atoms with E-state index >= 15 is 0 Å². The number of amides is 3. The molecule has 6 nitrogen and oxygen atoms in total. The van der Waals surface area contributed by atoms with Crippen LogP contribution in [-0.2, 0) is 14.4 Å². The maximum absolute atomic E-state index is 12.9. The van der Waals surface area contributed by atoms with Crippen LogP contribution in [0, 0.1) is 0 Å². The van der Waals surface area contributed by atoms with Gasteiger partial charge in [-0.25, -0.2) is 0 Å². The number of hydrogen-bond donors (Lipinski definition) is 2. The summed E-state index contributed by atoms with van der Waals surface area (Å²) in [5.74, 6) is -0.457. The lowest BCUT2D eigenvalue weighted by Gasteiger charge is -2.35. The van der Waals surface area contributed by atoms with E-state index in [0.29, 0.717) is 19.3 Å². The standard InChI is InChI=1S/C20H27N3O3/c1-14-19(16-10-6-4-7-11-16)22-18(25)13-9-5-8-12-17(21-15(2)24)20(26)23(14)3/h4-8,10-11,14,17,19H,9,12-13H2,1-3H3,(H,21,24)(H,22,25)/b8-5+/t14-,17+,19+/m0/s1. The Kier molecular flexibility index (Phi) is 6.95. The van der Waals surface area contributed by atoms with Crippen molar-refractivity contribution in [1.29, 1.82) is 0 Å². The fourth-order valence-corrected chi connectivity index (χ4v) is 3.09. The van der Waals surface area contributed by atoms with Gasteiger partial charge in [0.25, 0.3) is 0 Å². The summed E-state index contributed by atoms with van der Waals surface area (Å²) in [7, 11) is 1.71. The van der Waals surface area contributed by atoms with Crippen molar-refractivity contribution in [3.05, 3.63) is 48.0 Å². The molecule has 1 aromatic rings. The lowest BCUT2D eigenvalue weighted by molar-refractivity contribution is -0.137. The normalized spacial score (nSPS) is 26.3. The Hall–Kier alpha value is -2.63. The Bertz CT molecular complexity index is 672. The second-order valence-corrected chi connectivity index (χ2v) is 6.64. The fourth-order valence-electron chi connectivity index (χ4n) is 3.09. The van der Waals surface area contributed by atoms with E-state index in [4.69, 9.17) is 0 Å². The number of benzene rings is 1. The second-order valence-electron chi connectivity index (χ2n) is 6.64. The third-order valence-corrected chi connectivity index (χ3v) is 4.67. The zero-order valence-corrected chi connectivity index (χ0v) is 15.6. The van der Waals surface area contributed by atoms with Gasteiger partial charge in [-0.1, -0.05) is 42.5 Å². The van der Waals surface area contributed by atoms with Crippen molar-refractivity contribution in [1.82, 2.24) is 15.5 Å². The van der Waals surface area contributed by atoms with Crippen LogP contribution in [0.2, 0.25) is 0 Å². The Morgan fingerprint density at radius 3 is 2.54 bits per heavy atom. The zero-order valence-electron chi connectivity index (χ0n) is 15.6. The van der Waals surface area contributed by atoms with Gasteiger partial charge >= 0.3 is 0 Å². The molecule has 0 saturated heterocycles. The summed E-state index contributed by atoms with van der Waals surface area (Å²) in [4.78, 5) is 38.3. The molecule has 1 aliphatic heterocycles. The number of nitrogens with zero attached hydrogens (tertiary/aromatic N) is 1. The van der Waals surface area contributed by atoms with Crippen LogP contribution in [0.4, 0.5) is 0 Å². The minimum atomic E-state index is -0.609. The predicted octanol–water partition coefficient (Wildman–Crippen LogP) is 1.94. The monoisotopic (exact) mass is 357 g/mol. The Morgan fingerprint density at radius 2 is 1.88 bits per heavy atom. The van der Waals surface area contributed by atoms with Crippen LogP contribution in [-0.4, -0.2) is 41.8 Å². The van der Waals surface area contributed by atoms with Gasteiger partial charge in [0, 0.05) is 20.4 Å². The number of carbonyl (C=O) groups is 3. The number of nitrogens with one attached hydrogen (secondary N) is 2. The van der Waals surface area contributed by atoms with Crippen molar-refractivity contribution in [3.63, 3.8) is 0 Å². The minimum absolute atomic E-state index is 0.0461. The fraction of sp³-hybridized carbons (Fsp3) is 0.450. The van der Waals surface area contributed by atoms with Crippen molar-refractivity contribution >= 4 is 17.7 Å². The van der Waals surface area contributed by atoms with Crippen LogP contribution in [0.25, 0.3) is 0 Å². The quantitative estimate of drug-likeness (QED) is 0.794. The van der Waals surface area contributed by atoms with Crippen LogP contribution in [0.1, 0.15) is 44.7 Å². The second kappa shape index (κ2) is 9.17. The van der Waals surface area contributed by atoms with Crippen LogP contribution < -0.4 is 10.6 Å². The van der Waals surface area contributed by atoms with Gasteiger partial charge in [0.2, 0.25) is 17.7 Å². The lowest BCUT2D eigenvalue weighted by Crippen LogP contribution is -2.52. The van der Waals surface area contributed by atoms with E-state index < -0.39 is 6.04 Å². The number of hydrogen-bond acceptors (Lipinski definition) is 3. The predicted molar refractivity (Wildman–Crippen MR) is 100 cm³/mol. The average molecular weight is 357 g/mol. The molecule has 0 unspecified atom stereocenters. The maximum Gasteiger partial charge on any atom is 0.245 e. The molecule has 26 heavy (non-hydrogen) atoms. The number of allylic oxidation sites excluding steroid dienone is 1. The van der Waals surface area contributed by atoms with Crippen molar-refractivity contribution < 1.29 is 14.4 Å². The molecule has 0 fully saturated rings. The first-order chi connectivity index (χ1) is 12.4.